The van der Waals surface area contributed by atoms with E-state index in [1.54, 1.807) is 0 Å². The lowest BCUT2D eigenvalue weighted by Gasteiger charge is -2.30. The van der Waals surface area contributed by atoms with Crippen LogP contribution in [0.3, 0.4) is 0 Å². The number of nitrogens with zero attached hydrogens (tertiary/aromatic N) is 5. The molecular formula is C23H27N5O2. The first kappa shape index (κ1) is 19.1. The minimum Gasteiger partial charge on any atom is -0.478 e. The molecule has 0 aliphatic carbocycles. The zero-order chi connectivity index (χ0) is 20.5. The van der Waals surface area contributed by atoms with Crippen molar-refractivity contribution in [3.8, 4) is 0 Å². The number of fused-ring (bicyclic) bond motifs is 3. The van der Waals surface area contributed by atoms with Gasteiger partial charge in [-0.05, 0) is 44.0 Å². The summed E-state index contributed by atoms with van der Waals surface area (Å²) >= 11 is 0. The Morgan fingerprint density at radius 2 is 1.77 bits per heavy atom. The summed E-state index contributed by atoms with van der Waals surface area (Å²) in [7, 11) is 0. The van der Waals surface area contributed by atoms with Gasteiger partial charge < -0.3 is 19.5 Å². The molecule has 0 spiro atoms. The number of hydrogen-bond acceptors (Lipinski definition) is 5. The highest BCUT2D eigenvalue weighted by atomic mass is 16.4. The average Bonchev–Trinajstić information content (AvgIpc) is 3.11. The molecule has 1 N–H and O–H groups in total. The van der Waals surface area contributed by atoms with Crippen molar-refractivity contribution in [3.05, 3.63) is 53.5 Å². The van der Waals surface area contributed by atoms with Gasteiger partial charge in [-0.2, -0.15) is 0 Å². The summed E-state index contributed by atoms with van der Waals surface area (Å²) in [6.45, 7) is 6.06. The van der Waals surface area contributed by atoms with E-state index in [9.17, 15) is 4.79 Å². The average molecular weight is 406 g/mol. The van der Waals surface area contributed by atoms with E-state index in [0.717, 1.165) is 32.6 Å². The topological polar surface area (TPSA) is 74.5 Å². The molecular weight excluding hydrogens is 378 g/mol. The summed E-state index contributed by atoms with van der Waals surface area (Å²) in [5.41, 5.74) is 4.20. The molecule has 0 saturated carbocycles. The normalized spacial score (nSPS) is 17.3. The van der Waals surface area contributed by atoms with Crippen molar-refractivity contribution in [1.82, 2.24) is 19.4 Å². The second kappa shape index (κ2) is 8.07. The number of benzene rings is 1. The van der Waals surface area contributed by atoms with Crippen LogP contribution in [0.4, 0.5) is 5.95 Å². The molecule has 0 bridgehead atoms. The summed E-state index contributed by atoms with van der Waals surface area (Å²) in [5, 5.41) is 10.5. The predicted octanol–water partition coefficient (Wildman–Crippen LogP) is 3.18. The minimum absolute atomic E-state index is 0.118. The van der Waals surface area contributed by atoms with Gasteiger partial charge in [0.2, 0.25) is 5.95 Å². The van der Waals surface area contributed by atoms with E-state index in [1.165, 1.54) is 66.9 Å². The SMILES string of the molecule is O=C(O)c1cnc(N2CCc3c(n(CCN4CCCCC4)c4ccccc34)C2)nc1. The Hall–Kier alpha value is -2.93. The van der Waals surface area contributed by atoms with Gasteiger partial charge in [0.25, 0.3) is 0 Å². The van der Waals surface area contributed by atoms with Crippen LogP contribution in [0.15, 0.2) is 36.7 Å². The van der Waals surface area contributed by atoms with Gasteiger partial charge in [-0.3, -0.25) is 0 Å². The van der Waals surface area contributed by atoms with Gasteiger partial charge in [0.1, 0.15) is 0 Å². The number of rotatable bonds is 5. The Morgan fingerprint density at radius 1 is 1.00 bits per heavy atom. The van der Waals surface area contributed by atoms with Crippen LogP contribution in [0, 0.1) is 0 Å². The van der Waals surface area contributed by atoms with Crippen LogP contribution >= 0.6 is 0 Å². The second-order valence-electron chi connectivity index (χ2n) is 8.24. The standard InChI is InChI=1S/C23H27N5O2/c29-22(30)17-14-24-23(25-15-17)27-11-8-19-18-6-2-3-7-20(18)28(21(19)16-27)13-12-26-9-4-1-5-10-26/h2-3,6-7,14-15H,1,4-5,8-13,16H2,(H,29,30). The molecule has 7 heteroatoms. The monoisotopic (exact) mass is 405 g/mol. The molecule has 0 amide bonds. The Balaban J connectivity index is 1.43. The number of carbonyl (C=O) groups is 1. The first-order valence-corrected chi connectivity index (χ1v) is 10.8. The maximum atomic E-state index is 11.1. The van der Waals surface area contributed by atoms with Crippen LogP contribution in [0.5, 0.6) is 0 Å². The van der Waals surface area contributed by atoms with Gasteiger partial charge >= 0.3 is 5.97 Å². The first-order valence-electron chi connectivity index (χ1n) is 10.8. The van der Waals surface area contributed by atoms with Crippen LogP contribution in [0.25, 0.3) is 10.9 Å². The third-order valence-electron chi connectivity index (χ3n) is 6.42. The predicted molar refractivity (Wildman–Crippen MR) is 116 cm³/mol. The van der Waals surface area contributed by atoms with E-state index >= 15 is 0 Å². The summed E-state index contributed by atoms with van der Waals surface area (Å²) in [6, 6.07) is 8.71. The van der Waals surface area contributed by atoms with Crippen molar-refractivity contribution in [2.75, 3.05) is 31.1 Å². The molecule has 156 valence electrons. The molecule has 3 aromatic rings. The molecule has 1 aromatic carbocycles. The quantitative estimate of drug-likeness (QED) is 0.703. The molecule has 0 atom stereocenters. The van der Waals surface area contributed by atoms with Crippen molar-refractivity contribution in [2.45, 2.75) is 38.8 Å². The van der Waals surface area contributed by atoms with Crippen molar-refractivity contribution < 1.29 is 9.90 Å². The molecule has 4 heterocycles. The fourth-order valence-electron chi connectivity index (χ4n) is 4.84. The summed E-state index contributed by atoms with van der Waals surface area (Å²) in [5.74, 6) is -0.404. The fourth-order valence-corrected chi connectivity index (χ4v) is 4.84. The Labute approximate surface area is 176 Å². The summed E-state index contributed by atoms with van der Waals surface area (Å²) in [6.07, 6.45) is 7.70. The van der Waals surface area contributed by atoms with Crippen molar-refractivity contribution in [3.63, 3.8) is 0 Å². The van der Waals surface area contributed by atoms with Crippen LogP contribution in [-0.4, -0.2) is 56.7 Å². The first-order chi connectivity index (χ1) is 14.7. The number of aromatic nitrogens is 3. The summed E-state index contributed by atoms with van der Waals surface area (Å²) in [4.78, 5) is 24.5. The lowest BCUT2D eigenvalue weighted by atomic mass is 10.0. The van der Waals surface area contributed by atoms with E-state index in [1.807, 2.05) is 0 Å². The number of carboxylic acids is 1. The van der Waals surface area contributed by atoms with E-state index in [4.69, 9.17) is 5.11 Å². The van der Waals surface area contributed by atoms with Crippen molar-refractivity contribution >= 4 is 22.8 Å². The highest BCUT2D eigenvalue weighted by Crippen LogP contribution is 2.32. The molecule has 1 fully saturated rings. The Morgan fingerprint density at radius 3 is 2.53 bits per heavy atom. The van der Waals surface area contributed by atoms with Gasteiger partial charge in [-0.15, -0.1) is 0 Å². The molecule has 0 radical (unpaired) electrons. The van der Waals surface area contributed by atoms with Gasteiger partial charge in [0, 0.05) is 48.6 Å². The van der Waals surface area contributed by atoms with Crippen LogP contribution in [0.2, 0.25) is 0 Å². The molecule has 5 rings (SSSR count). The third-order valence-corrected chi connectivity index (χ3v) is 6.42. The Kier molecular flexibility index (Phi) is 5.12. The zero-order valence-electron chi connectivity index (χ0n) is 17.1. The van der Waals surface area contributed by atoms with E-state index in [-0.39, 0.29) is 5.56 Å². The number of hydrogen-bond donors (Lipinski definition) is 1. The molecule has 2 aliphatic heterocycles. The highest BCUT2D eigenvalue weighted by molar-refractivity contribution is 5.87. The maximum Gasteiger partial charge on any atom is 0.338 e. The Bertz CT molecular complexity index is 1050. The van der Waals surface area contributed by atoms with Gasteiger partial charge in [-0.25, -0.2) is 14.8 Å². The van der Waals surface area contributed by atoms with Crippen molar-refractivity contribution in [2.24, 2.45) is 0 Å². The molecule has 2 aromatic heterocycles. The van der Waals surface area contributed by atoms with E-state index < -0.39 is 5.97 Å². The molecule has 2 aliphatic rings. The number of piperidine rings is 1. The van der Waals surface area contributed by atoms with E-state index in [2.05, 4.69) is 48.6 Å². The molecule has 7 nitrogen and oxygen atoms in total. The molecule has 1 saturated heterocycles. The van der Waals surface area contributed by atoms with Crippen LogP contribution < -0.4 is 4.90 Å². The van der Waals surface area contributed by atoms with Crippen molar-refractivity contribution in [1.29, 1.82) is 0 Å². The smallest absolute Gasteiger partial charge is 0.338 e. The maximum absolute atomic E-state index is 11.1. The number of carboxylic acid groups (broad SMARTS) is 1. The number of aromatic carboxylic acids is 1. The minimum atomic E-state index is -1.000. The lowest BCUT2D eigenvalue weighted by Crippen LogP contribution is -2.35. The van der Waals surface area contributed by atoms with Crippen LogP contribution in [-0.2, 0) is 19.5 Å². The fraction of sp³-hybridized carbons (Fsp3) is 0.435. The van der Waals surface area contributed by atoms with Gasteiger partial charge in [0.15, 0.2) is 0 Å². The lowest BCUT2D eigenvalue weighted by molar-refractivity contribution is 0.0696. The summed E-state index contributed by atoms with van der Waals surface area (Å²) < 4.78 is 2.48. The third kappa shape index (κ3) is 3.54. The number of anilines is 1. The van der Waals surface area contributed by atoms with Gasteiger partial charge in [0.05, 0.1) is 12.1 Å². The largest absolute Gasteiger partial charge is 0.478 e. The highest BCUT2D eigenvalue weighted by Gasteiger charge is 2.25. The van der Waals surface area contributed by atoms with Gasteiger partial charge in [-0.1, -0.05) is 24.6 Å². The molecule has 30 heavy (non-hydrogen) atoms. The number of para-hydroxylation sites is 1. The van der Waals surface area contributed by atoms with E-state index in [0.29, 0.717) is 5.95 Å². The molecule has 0 unspecified atom stereocenters. The van der Waals surface area contributed by atoms with Crippen LogP contribution in [0.1, 0.15) is 40.9 Å². The number of likely N-dealkylation sites (tertiary alicyclic amines) is 1. The zero-order valence-corrected chi connectivity index (χ0v) is 17.1. The second-order valence-corrected chi connectivity index (χ2v) is 8.24.